The summed E-state index contributed by atoms with van der Waals surface area (Å²) in [6.45, 7) is 3.59. The lowest BCUT2D eigenvalue weighted by atomic mass is 10.2. The van der Waals surface area contributed by atoms with Crippen LogP contribution in [0.1, 0.15) is 19.2 Å². The summed E-state index contributed by atoms with van der Waals surface area (Å²) in [6.07, 6.45) is 0.404. The normalized spacial score (nSPS) is 10.7. The van der Waals surface area contributed by atoms with Gasteiger partial charge < -0.3 is 5.32 Å². The van der Waals surface area contributed by atoms with Gasteiger partial charge in [0.25, 0.3) is 5.56 Å². The molecule has 116 valence electrons. The molecular formula is C18H17N3O2. The SMILES string of the molecule is CCC(=O)Nc1cccc(-n2c(C)nc3ccccc3c2=O)c1. The minimum atomic E-state index is -0.118. The molecule has 0 radical (unpaired) electrons. The molecule has 0 aliphatic carbocycles. The van der Waals surface area contributed by atoms with Crippen LogP contribution < -0.4 is 10.9 Å². The Morgan fingerprint density at radius 2 is 1.96 bits per heavy atom. The zero-order valence-electron chi connectivity index (χ0n) is 13.0. The standard InChI is InChI=1S/C18H17N3O2/c1-3-17(22)20-13-7-6-8-14(11-13)21-12(2)19-16-10-5-4-9-15(16)18(21)23/h4-11H,3H2,1-2H3,(H,20,22). The van der Waals surface area contributed by atoms with Crippen molar-refractivity contribution >= 4 is 22.5 Å². The molecule has 1 aromatic heterocycles. The fourth-order valence-corrected chi connectivity index (χ4v) is 2.52. The minimum absolute atomic E-state index is 0.0668. The number of nitrogens with zero attached hydrogens (tertiary/aromatic N) is 2. The maximum Gasteiger partial charge on any atom is 0.265 e. The third kappa shape index (κ3) is 2.85. The zero-order chi connectivity index (χ0) is 16.4. The van der Waals surface area contributed by atoms with E-state index in [0.29, 0.717) is 34.5 Å². The van der Waals surface area contributed by atoms with Gasteiger partial charge in [-0.1, -0.05) is 25.1 Å². The van der Waals surface area contributed by atoms with Crippen LogP contribution in [0, 0.1) is 6.92 Å². The Labute approximate surface area is 133 Å². The number of hydrogen-bond donors (Lipinski definition) is 1. The third-order valence-corrected chi connectivity index (χ3v) is 3.65. The molecule has 0 atom stereocenters. The Morgan fingerprint density at radius 3 is 2.74 bits per heavy atom. The van der Waals surface area contributed by atoms with Crippen LogP contribution in [0.25, 0.3) is 16.6 Å². The van der Waals surface area contributed by atoms with E-state index in [0.717, 1.165) is 0 Å². The monoisotopic (exact) mass is 307 g/mol. The lowest BCUT2D eigenvalue weighted by Crippen LogP contribution is -2.22. The molecule has 0 unspecified atom stereocenters. The second-order valence-corrected chi connectivity index (χ2v) is 5.27. The molecule has 3 rings (SSSR count). The second-order valence-electron chi connectivity index (χ2n) is 5.27. The molecule has 0 aliphatic heterocycles. The maximum atomic E-state index is 12.8. The first kappa shape index (κ1) is 15.0. The van der Waals surface area contributed by atoms with Crippen molar-refractivity contribution in [2.24, 2.45) is 0 Å². The molecule has 0 fully saturated rings. The Kier molecular flexibility index (Phi) is 3.93. The lowest BCUT2D eigenvalue weighted by Gasteiger charge is -2.12. The number of fused-ring (bicyclic) bond motifs is 1. The molecule has 5 heteroatoms. The molecule has 23 heavy (non-hydrogen) atoms. The van der Waals surface area contributed by atoms with Gasteiger partial charge in [0.15, 0.2) is 0 Å². The van der Waals surface area contributed by atoms with E-state index < -0.39 is 0 Å². The number of aromatic nitrogens is 2. The van der Waals surface area contributed by atoms with Gasteiger partial charge in [-0.2, -0.15) is 0 Å². The molecule has 0 aliphatic rings. The van der Waals surface area contributed by atoms with Crippen molar-refractivity contribution in [1.29, 1.82) is 0 Å². The summed E-state index contributed by atoms with van der Waals surface area (Å²) in [7, 11) is 0. The van der Waals surface area contributed by atoms with Gasteiger partial charge in [-0.05, 0) is 37.3 Å². The topological polar surface area (TPSA) is 64.0 Å². The van der Waals surface area contributed by atoms with Crippen LogP contribution in [0.15, 0.2) is 53.3 Å². The summed E-state index contributed by atoms with van der Waals surface area (Å²) < 4.78 is 1.56. The fraction of sp³-hybridized carbons (Fsp3) is 0.167. The number of carbonyl (C=O) groups is 1. The van der Waals surface area contributed by atoms with Crippen LogP contribution in [0.2, 0.25) is 0 Å². The largest absolute Gasteiger partial charge is 0.326 e. The second kappa shape index (κ2) is 6.04. The number of anilines is 1. The molecule has 0 saturated carbocycles. The minimum Gasteiger partial charge on any atom is -0.326 e. The Balaban J connectivity index is 2.15. The van der Waals surface area contributed by atoms with Crippen molar-refractivity contribution in [3.05, 3.63) is 64.7 Å². The van der Waals surface area contributed by atoms with Crippen LogP contribution in [-0.4, -0.2) is 15.5 Å². The molecule has 1 heterocycles. The summed E-state index contributed by atoms with van der Waals surface area (Å²) in [5.74, 6) is 0.538. The maximum absolute atomic E-state index is 12.8. The summed E-state index contributed by atoms with van der Waals surface area (Å²) in [5.41, 5.74) is 1.90. The van der Waals surface area contributed by atoms with E-state index in [-0.39, 0.29) is 11.5 Å². The predicted molar refractivity (Wildman–Crippen MR) is 91.0 cm³/mol. The first-order valence-corrected chi connectivity index (χ1v) is 7.49. The smallest absolute Gasteiger partial charge is 0.265 e. The van der Waals surface area contributed by atoms with E-state index in [1.165, 1.54) is 0 Å². The van der Waals surface area contributed by atoms with E-state index >= 15 is 0 Å². The predicted octanol–water partition coefficient (Wildman–Crippen LogP) is 3.04. The summed E-state index contributed by atoms with van der Waals surface area (Å²) in [4.78, 5) is 28.8. The van der Waals surface area contributed by atoms with Gasteiger partial charge in [0, 0.05) is 12.1 Å². The fourth-order valence-electron chi connectivity index (χ4n) is 2.52. The number of para-hydroxylation sites is 1. The van der Waals surface area contributed by atoms with Gasteiger partial charge in [-0.15, -0.1) is 0 Å². The Hall–Kier alpha value is -2.95. The van der Waals surface area contributed by atoms with Crippen LogP contribution in [0.3, 0.4) is 0 Å². The molecule has 1 amide bonds. The van der Waals surface area contributed by atoms with Gasteiger partial charge in [-0.3, -0.25) is 14.2 Å². The highest BCUT2D eigenvalue weighted by Gasteiger charge is 2.10. The number of hydrogen-bond acceptors (Lipinski definition) is 3. The van der Waals surface area contributed by atoms with Gasteiger partial charge in [0.1, 0.15) is 5.82 Å². The molecule has 1 N–H and O–H groups in total. The van der Waals surface area contributed by atoms with Crippen molar-refractivity contribution in [3.63, 3.8) is 0 Å². The molecule has 0 bridgehead atoms. The van der Waals surface area contributed by atoms with Crippen LogP contribution >= 0.6 is 0 Å². The molecular weight excluding hydrogens is 290 g/mol. The molecule has 2 aromatic carbocycles. The van der Waals surface area contributed by atoms with Crippen molar-refractivity contribution in [3.8, 4) is 5.69 Å². The average Bonchev–Trinajstić information content (AvgIpc) is 2.55. The highest BCUT2D eigenvalue weighted by molar-refractivity contribution is 5.90. The Bertz CT molecular complexity index is 944. The van der Waals surface area contributed by atoms with Crippen LogP contribution in [-0.2, 0) is 4.79 Å². The van der Waals surface area contributed by atoms with E-state index in [1.807, 2.05) is 30.3 Å². The molecule has 0 spiro atoms. The number of rotatable bonds is 3. The number of benzene rings is 2. The quantitative estimate of drug-likeness (QED) is 0.809. The van der Waals surface area contributed by atoms with Crippen molar-refractivity contribution in [2.45, 2.75) is 20.3 Å². The van der Waals surface area contributed by atoms with Gasteiger partial charge in [0.05, 0.1) is 16.6 Å². The average molecular weight is 307 g/mol. The number of amides is 1. The Morgan fingerprint density at radius 1 is 1.17 bits per heavy atom. The van der Waals surface area contributed by atoms with E-state index in [2.05, 4.69) is 10.3 Å². The summed E-state index contributed by atoms with van der Waals surface area (Å²) in [5, 5.41) is 3.37. The van der Waals surface area contributed by atoms with Gasteiger partial charge >= 0.3 is 0 Å². The van der Waals surface area contributed by atoms with Crippen molar-refractivity contribution in [2.75, 3.05) is 5.32 Å². The lowest BCUT2D eigenvalue weighted by molar-refractivity contribution is -0.115. The molecule has 5 nitrogen and oxygen atoms in total. The number of aryl methyl sites for hydroxylation is 1. The molecule has 3 aromatic rings. The number of nitrogens with one attached hydrogen (secondary N) is 1. The highest BCUT2D eigenvalue weighted by Crippen LogP contribution is 2.16. The first-order chi connectivity index (χ1) is 11.1. The van der Waals surface area contributed by atoms with Gasteiger partial charge in [-0.25, -0.2) is 4.98 Å². The van der Waals surface area contributed by atoms with E-state index in [1.54, 1.807) is 36.6 Å². The van der Waals surface area contributed by atoms with E-state index in [9.17, 15) is 9.59 Å². The van der Waals surface area contributed by atoms with Crippen molar-refractivity contribution in [1.82, 2.24) is 9.55 Å². The first-order valence-electron chi connectivity index (χ1n) is 7.49. The summed E-state index contributed by atoms with van der Waals surface area (Å²) >= 11 is 0. The number of carbonyl (C=O) groups excluding carboxylic acids is 1. The van der Waals surface area contributed by atoms with Crippen LogP contribution in [0.4, 0.5) is 5.69 Å². The third-order valence-electron chi connectivity index (χ3n) is 3.65. The molecule has 0 saturated heterocycles. The van der Waals surface area contributed by atoms with Crippen LogP contribution in [0.5, 0.6) is 0 Å². The zero-order valence-corrected chi connectivity index (χ0v) is 13.0. The summed E-state index contributed by atoms with van der Waals surface area (Å²) in [6, 6.07) is 14.5. The van der Waals surface area contributed by atoms with Crippen molar-refractivity contribution < 1.29 is 4.79 Å². The highest BCUT2D eigenvalue weighted by atomic mass is 16.1. The van der Waals surface area contributed by atoms with Gasteiger partial charge in [0.2, 0.25) is 5.91 Å². The van der Waals surface area contributed by atoms with E-state index in [4.69, 9.17) is 0 Å².